The van der Waals surface area contributed by atoms with Crippen molar-refractivity contribution in [3.05, 3.63) is 17.8 Å². The van der Waals surface area contributed by atoms with E-state index in [0.717, 1.165) is 32.6 Å². The number of nitrogens with zero attached hydrogens (tertiary/aromatic N) is 3. The number of aromatic nitrogens is 2. The van der Waals surface area contributed by atoms with E-state index >= 15 is 0 Å². The first-order chi connectivity index (χ1) is 8.24. The lowest BCUT2D eigenvalue weighted by molar-refractivity contribution is 0.533. The zero-order chi connectivity index (χ0) is 12.3. The summed E-state index contributed by atoms with van der Waals surface area (Å²) in [5.41, 5.74) is 0.538. The molecule has 5 heteroatoms. The first-order valence-electron chi connectivity index (χ1n) is 6.20. The van der Waals surface area contributed by atoms with Crippen LogP contribution in [0.25, 0.3) is 0 Å². The van der Waals surface area contributed by atoms with Gasteiger partial charge in [0.05, 0.1) is 5.69 Å². The Morgan fingerprint density at radius 1 is 1.41 bits per heavy atom. The molecular weight excluding hydrogens is 219 g/mol. The number of halogens is 1. The van der Waals surface area contributed by atoms with Crippen molar-refractivity contribution in [2.24, 2.45) is 0 Å². The van der Waals surface area contributed by atoms with Gasteiger partial charge < -0.3 is 10.2 Å². The maximum Gasteiger partial charge on any atom is 0.187 e. The van der Waals surface area contributed by atoms with E-state index in [-0.39, 0.29) is 11.7 Å². The highest BCUT2D eigenvalue weighted by atomic mass is 19.1. The van der Waals surface area contributed by atoms with Gasteiger partial charge in [0.1, 0.15) is 6.33 Å². The number of hydrogen-bond acceptors (Lipinski definition) is 4. The minimum Gasteiger partial charge on any atom is -0.352 e. The predicted octanol–water partition coefficient (Wildman–Crippen LogP) is 1.54. The van der Waals surface area contributed by atoms with Crippen LogP contribution < -0.4 is 10.2 Å². The molecule has 2 rings (SSSR count). The molecule has 94 valence electrons. The van der Waals surface area contributed by atoms with Crippen LogP contribution >= 0.6 is 0 Å². The summed E-state index contributed by atoms with van der Waals surface area (Å²) in [4.78, 5) is 10.2. The Morgan fingerprint density at radius 2 is 2.12 bits per heavy atom. The Hall–Kier alpha value is -1.23. The van der Waals surface area contributed by atoms with E-state index in [1.807, 2.05) is 18.7 Å². The van der Waals surface area contributed by atoms with Gasteiger partial charge in [0.2, 0.25) is 0 Å². The molecule has 0 radical (unpaired) electrons. The largest absolute Gasteiger partial charge is 0.352 e. The second-order valence-electron chi connectivity index (χ2n) is 4.44. The number of anilines is 1. The van der Waals surface area contributed by atoms with Crippen LogP contribution in [0.3, 0.4) is 0 Å². The van der Waals surface area contributed by atoms with Gasteiger partial charge in [0, 0.05) is 32.1 Å². The van der Waals surface area contributed by atoms with Gasteiger partial charge in [-0.05, 0) is 6.42 Å². The molecule has 17 heavy (non-hydrogen) atoms. The Bertz CT molecular complexity index is 377. The molecule has 1 N–H and O–H groups in total. The van der Waals surface area contributed by atoms with Crippen LogP contribution in [0.2, 0.25) is 0 Å². The first-order valence-corrected chi connectivity index (χ1v) is 6.20. The number of hydrogen-bond donors (Lipinski definition) is 1. The Balaban J connectivity index is 2.27. The van der Waals surface area contributed by atoms with E-state index in [4.69, 9.17) is 0 Å². The van der Waals surface area contributed by atoms with E-state index < -0.39 is 0 Å². The molecule has 1 aliphatic rings. The minimum absolute atomic E-state index is 0.139. The summed E-state index contributed by atoms with van der Waals surface area (Å²) < 4.78 is 14.3. The van der Waals surface area contributed by atoms with Crippen molar-refractivity contribution in [1.82, 2.24) is 15.3 Å². The summed E-state index contributed by atoms with van der Waals surface area (Å²) in [6.45, 7) is 7.38. The van der Waals surface area contributed by atoms with Crippen molar-refractivity contribution in [2.75, 3.05) is 31.1 Å². The maximum absolute atomic E-state index is 14.3. The van der Waals surface area contributed by atoms with Gasteiger partial charge in [-0.1, -0.05) is 13.8 Å². The molecule has 0 aliphatic carbocycles. The molecule has 0 amide bonds. The average Bonchev–Trinajstić information content (AvgIpc) is 2.39. The summed E-state index contributed by atoms with van der Waals surface area (Å²) in [6, 6.07) is 0. The third kappa shape index (κ3) is 2.54. The van der Waals surface area contributed by atoms with E-state index in [1.54, 1.807) is 0 Å². The topological polar surface area (TPSA) is 41.1 Å². The van der Waals surface area contributed by atoms with Gasteiger partial charge in [-0.25, -0.2) is 14.4 Å². The number of rotatable bonds is 3. The third-order valence-corrected chi connectivity index (χ3v) is 3.29. The van der Waals surface area contributed by atoms with Crippen LogP contribution in [0.4, 0.5) is 10.2 Å². The van der Waals surface area contributed by atoms with Crippen molar-refractivity contribution in [3.63, 3.8) is 0 Å². The third-order valence-electron chi connectivity index (χ3n) is 3.29. The van der Waals surface area contributed by atoms with Gasteiger partial charge in [0.15, 0.2) is 11.6 Å². The second-order valence-corrected chi connectivity index (χ2v) is 4.44. The van der Waals surface area contributed by atoms with Crippen LogP contribution in [0.15, 0.2) is 6.33 Å². The maximum atomic E-state index is 14.3. The van der Waals surface area contributed by atoms with Gasteiger partial charge >= 0.3 is 0 Å². The molecule has 0 aromatic carbocycles. The van der Waals surface area contributed by atoms with Crippen LogP contribution in [-0.4, -0.2) is 36.1 Å². The molecule has 0 saturated carbocycles. The fourth-order valence-electron chi connectivity index (χ4n) is 2.01. The normalized spacial score (nSPS) is 18.2. The molecule has 2 heterocycles. The summed E-state index contributed by atoms with van der Waals surface area (Å²) in [5, 5.41) is 3.24. The molecule has 1 aliphatic heterocycles. The molecule has 1 atom stereocenters. The molecular formula is C12H19FN4. The summed E-state index contributed by atoms with van der Waals surface area (Å²) in [5.74, 6) is 0.347. The zero-order valence-corrected chi connectivity index (χ0v) is 10.4. The van der Waals surface area contributed by atoms with Gasteiger partial charge in [0.25, 0.3) is 0 Å². The molecule has 4 nitrogen and oxygen atoms in total. The van der Waals surface area contributed by atoms with Crippen molar-refractivity contribution in [1.29, 1.82) is 0 Å². The minimum atomic E-state index is -0.247. The van der Waals surface area contributed by atoms with Crippen LogP contribution in [0.5, 0.6) is 0 Å². The Labute approximate surface area is 101 Å². The van der Waals surface area contributed by atoms with E-state index in [9.17, 15) is 4.39 Å². The van der Waals surface area contributed by atoms with Crippen molar-refractivity contribution in [2.45, 2.75) is 26.2 Å². The lowest BCUT2D eigenvalue weighted by atomic mass is 10.0. The average molecular weight is 238 g/mol. The molecule has 1 aromatic rings. The highest BCUT2D eigenvalue weighted by molar-refractivity contribution is 5.42. The summed E-state index contributed by atoms with van der Waals surface area (Å²) >= 11 is 0. The van der Waals surface area contributed by atoms with Crippen molar-refractivity contribution in [3.8, 4) is 0 Å². The highest BCUT2D eigenvalue weighted by Gasteiger charge is 2.21. The highest BCUT2D eigenvalue weighted by Crippen LogP contribution is 2.25. The van der Waals surface area contributed by atoms with E-state index in [1.165, 1.54) is 6.33 Å². The predicted molar refractivity (Wildman–Crippen MR) is 65.8 cm³/mol. The summed E-state index contributed by atoms with van der Waals surface area (Å²) in [7, 11) is 0. The smallest absolute Gasteiger partial charge is 0.187 e. The van der Waals surface area contributed by atoms with Gasteiger partial charge in [-0.15, -0.1) is 0 Å². The van der Waals surface area contributed by atoms with E-state index in [0.29, 0.717) is 11.5 Å². The van der Waals surface area contributed by atoms with Crippen molar-refractivity contribution >= 4 is 5.82 Å². The molecule has 1 unspecified atom stereocenters. The SMILES string of the molecule is CCC(C)c1ncnc(N2CCNCC2)c1F. The fourth-order valence-corrected chi connectivity index (χ4v) is 2.01. The number of piperazine rings is 1. The molecule has 1 aromatic heterocycles. The molecule has 1 saturated heterocycles. The van der Waals surface area contributed by atoms with E-state index in [2.05, 4.69) is 15.3 Å². The molecule has 0 spiro atoms. The number of nitrogens with one attached hydrogen (secondary N) is 1. The lowest BCUT2D eigenvalue weighted by Crippen LogP contribution is -2.44. The summed E-state index contributed by atoms with van der Waals surface area (Å²) in [6.07, 6.45) is 2.36. The molecule has 1 fully saturated rings. The van der Waals surface area contributed by atoms with Crippen LogP contribution in [-0.2, 0) is 0 Å². The zero-order valence-electron chi connectivity index (χ0n) is 10.4. The standard InChI is InChI=1S/C12H19FN4/c1-3-9(2)11-10(13)12(16-8-15-11)17-6-4-14-5-7-17/h8-9,14H,3-7H2,1-2H3. The Kier molecular flexibility index (Phi) is 3.89. The van der Waals surface area contributed by atoms with Crippen LogP contribution in [0, 0.1) is 5.82 Å². The quantitative estimate of drug-likeness (QED) is 0.867. The monoisotopic (exact) mass is 238 g/mol. The van der Waals surface area contributed by atoms with Crippen LogP contribution in [0.1, 0.15) is 31.9 Å². The molecule has 0 bridgehead atoms. The van der Waals surface area contributed by atoms with Gasteiger partial charge in [-0.2, -0.15) is 0 Å². The lowest BCUT2D eigenvalue weighted by Gasteiger charge is -2.29. The second kappa shape index (κ2) is 5.40. The van der Waals surface area contributed by atoms with Gasteiger partial charge in [-0.3, -0.25) is 0 Å². The first kappa shape index (κ1) is 12.2. The van der Waals surface area contributed by atoms with Crippen molar-refractivity contribution < 1.29 is 4.39 Å². The fraction of sp³-hybridized carbons (Fsp3) is 0.667. The Morgan fingerprint density at radius 3 is 2.76 bits per heavy atom.